The summed E-state index contributed by atoms with van der Waals surface area (Å²) in [6, 6.07) is 14.8. The molecule has 3 aliphatic rings. The summed E-state index contributed by atoms with van der Waals surface area (Å²) in [4.78, 5) is 61.6. The van der Waals surface area contributed by atoms with E-state index in [2.05, 4.69) is 29.1 Å². The number of nitrogens with zero attached hydrogens (tertiary/aromatic N) is 3. The number of aliphatic hydroxyl groups excluding tert-OH is 1. The van der Waals surface area contributed by atoms with E-state index >= 15 is 0 Å². The highest BCUT2D eigenvalue weighted by Gasteiger charge is 2.77. The Morgan fingerprint density at radius 3 is 2.44 bits per heavy atom. The van der Waals surface area contributed by atoms with Crippen molar-refractivity contribution in [3.05, 3.63) is 85.5 Å². The molecule has 11 nitrogen and oxygen atoms in total. The highest BCUT2D eigenvalue weighted by molar-refractivity contribution is 9.09. The molecule has 3 amide bonds. The van der Waals surface area contributed by atoms with Crippen LogP contribution in [-0.2, 0) is 28.7 Å². The quantitative estimate of drug-likeness (QED) is 0.0946. The number of fused-ring (bicyclic) bond motifs is 1. The number of rotatable bonds is 18. The van der Waals surface area contributed by atoms with Gasteiger partial charge in [-0.1, -0.05) is 58.4 Å². The summed E-state index contributed by atoms with van der Waals surface area (Å²) in [5, 5.41) is 9.42. The summed E-state index contributed by atoms with van der Waals surface area (Å²) in [7, 11) is 3.25. The minimum Gasteiger partial charge on any atom is -0.497 e. The van der Waals surface area contributed by atoms with Gasteiger partial charge in [-0.2, -0.15) is 0 Å². The largest absolute Gasteiger partial charge is 0.497 e. The molecule has 0 aromatic heterocycles. The van der Waals surface area contributed by atoms with E-state index in [-0.39, 0.29) is 48.7 Å². The van der Waals surface area contributed by atoms with Crippen LogP contribution < -0.4 is 9.64 Å². The number of amides is 3. The van der Waals surface area contributed by atoms with Crippen LogP contribution in [0.4, 0.5) is 5.69 Å². The number of alkyl halides is 1. The molecule has 1 unspecified atom stereocenters. The maximum Gasteiger partial charge on any atom is 0.313 e. The maximum absolute atomic E-state index is 14.9. The molecule has 2 aromatic carbocycles. The summed E-state index contributed by atoms with van der Waals surface area (Å²) in [6.45, 7) is 9.89. The molecule has 2 aromatic rings. The first-order valence-electron chi connectivity index (χ1n) is 18.0. The third-order valence-electron chi connectivity index (χ3n) is 10.7. The molecule has 8 atom stereocenters. The number of allylic oxidation sites excluding steroid dienone is 1. The van der Waals surface area contributed by atoms with Crippen molar-refractivity contribution in [1.29, 1.82) is 0 Å². The van der Waals surface area contributed by atoms with Gasteiger partial charge in [-0.15, -0.1) is 13.2 Å². The number of hydrogen-bond acceptors (Lipinski definition) is 8. The number of esters is 1. The Bertz CT molecular complexity index is 1610. The Morgan fingerprint density at radius 1 is 1.10 bits per heavy atom. The molecule has 3 saturated heterocycles. The topological polar surface area (TPSA) is 126 Å². The first-order valence-corrected chi connectivity index (χ1v) is 18.9. The summed E-state index contributed by atoms with van der Waals surface area (Å²) < 4.78 is 18.4. The Kier molecular flexibility index (Phi) is 13.0. The van der Waals surface area contributed by atoms with Crippen LogP contribution in [0, 0.1) is 11.8 Å². The van der Waals surface area contributed by atoms with E-state index in [9.17, 15) is 24.3 Å². The minimum atomic E-state index is -1.30. The van der Waals surface area contributed by atoms with Crippen molar-refractivity contribution in [2.24, 2.45) is 11.8 Å². The van der Waals surface area contributed by atoms with Crippen LogP contribution >= 0.6 is 15.9 Å². The number of unbranched alkanes of at least 4 members (excludes halogenated alkanes) is 2. The molecule has 3 aliphatic heterocycles. The molecule has 3 fully saturated rings. The number of benzene rings is 2. The van der Waals surface area contributed by atoms with Crippen LogP contribution in [0.2, 0.25) is 0 Å². The average Bonchev–Trinajstić information content (AvgIpc) is 3.75. The number of hydrogen-bond donors (Lipinski definition) is 1. The highest BCUT2D eigenvalue weighted by Crippen LogP contribution is 2.60. The fraction of sp³-hybridized carbons (Fsp3) is 0.500. The third kappa shape index (κ3) is 7.56. The second-order valence-corrected chi connectivity index (χ2v) is 14.9. The molecule has 2 bridgehead atoms. The van der Waals surface area contributed by atoms with Crippen molar-refractivity contribution in [3.63, 3.8) is 0 Å². The smallest absolute Gasteiger partial charge is 0.313 e. The molecular formula is C40H50BrN3O8. The molecule has 1 spiro atoms. The standard InChI is InChI=1S/C40H50BrN3O8/c1-6-8-17-31(46)42(4)26(3)34(27-15-11-9-12-16-27)51-39(49)32-33-37(47)44(23-13-10-14-24-45)36(40(33)25-30(41)35(32)52-40)38(48)43(22-7-2)28-18-20-29(50-5)21-19-28/h6-7,9,11-12,15-16,18-21,26,30,32-36,45H,1-2,8,10,13-14,17,22-25H2,3-5H3/t26-,30?,32-,33+,34+,35-,36-,40+/m0/s1. The SMILES string of the molecule is C=CCCC(=O)N(C)[C@@H](C)[C@@H](OC(=O)[C@@H]1[C@H]2O[C@@]3(CC2Br)[C@H](C(=O)N(CC=C)c2ccc(OC)cc2)N(CCCCCO)C(=O)[C@@H]13)c1ccccc1. The van der Waals surface area contributed by atoms with E-state index in [0.717, 1.165) is 0 Å². The zero-order valence-corrected chi connectivity index (χ0v) is 31.8. The van der Waals surface area contributed by atoms with Gasteiger partial charge in [0.2, 0.25) is 11.8 Å². The van der Waals surface area contributed by atoms with Crippen LogP contribution in [0.25, 0.3) is 0 Å². The zero-order chi connectivity index (χ0) is 37.6. The van der Waals surface area contributed by atoms with Crippen molar-refractivity contribution >= 4 is 45.3 Å². The molecule has 5 rings (SSSR count). The lowest BCUT2D eigenvalue weighted by molar-refractivity contribution is -0.164. The summed E-state index contributed by atoms with van der Waals surface area (Å²) in [6.07, 6.45) is 4.65. The Labute approximate surface area is 314 Å². The van der Waals surface area contributed by atoms with Gasteiger partial charge in [0.25, 0.3) is 5.91 Å². The number of carbonyl (C=O) groups is 4. The number of likely N-dealkylation sites (tertiary alicyclic amines) is 1. The predicted octanol–water partition coefficient (Wildman–Crippen LogP) is 5.22. The van der Waals surface area contributed by atoms with Crippen LogP contribution in [-0.4, -0.2) is 101 Å². The van der Waals surface area contributed by atoms with Crippen LogP contribution in [0.3, 0.4) is 0 Å². The van der Waals surface area contributed by atoms with Gasteiger partial charge in [0.15, 0.2) is 0 Å². The van der Waals surface area contributed by atoms with Crippen molar-refractivity contribution in [2.45, 2.75) is 80.2 Å². The normalized spacial score (nSPS) is 25.6. The van der Waals surface area contributed by atoms with E-state index in [1.165, 1.54) is 0 Å². The fourth-order valence-corrected chi connectivity index (χ4v) is 8.92. The first-order chi connectivity index (χ1) is 25.0. The summed E-state index contributed by atoms with van der Waals surface area (Å²) in [5.41, 5.74) is 0.00514. The lowest BCUT2D eigenvalue weighted by Gasteiger charge is -2.37. The van der Waals surface area contributed by atoms with Crippen LogP contribution in [0.5, 0.6) is 5.75 Å². The number of anilines is 1. The Morgan fingerprint density at radius 2 is 1.81 bits per heavy atom. The van der Waals surface area contributed by atoms with Crippen LogP contribution in [0.15, 0.2) is 79.9 Å². The van der Waals surface area contributed by atoms with E-state index < -0.39 is 47.7 Å². The van der Waals surface area contributed by atoms with E-state index in [1.54, 1.807) is 65.3 Å². The van der Waals surface area contributed by atoms with Crippen LogP contribution in [0.1, 0.15) is 57.1 Å². The van der Waals surface area contributed by atoms with Gasteiger partial charge in [0, 0.05) is 43.7 Å². The van der Waals surface area contributed by atoms with Crippen molar-refractivity contribution in [2.75, 3.05) is 38.8 Å². The number of carbonyl (C=O) groups excluding carboxylic acids is 4. The lowest BCUT2D eigenvalue weighted by atomic mass is 9.70. The Hall–Kier alpha value is -4.00. The second kappa shape index (κ2) is 17.2. The molecular weight excluding hydrogens is 730 g/mol. The predicted molar refractivity (Wildman–Crippen MR) is 201 cm³/mol. The first kappa shape index (κ1) is 39.2. The Balaban J connectivity index is 1.51. The number of likely N-dealkylation sites (N-methyl/N-ethyl adjacent to an activating group) is 1. The van der Waals surface area contributed by atoms with Gasteiger partial charge < -0.3 is 34.0 Å². The van der Waals surface area contributed by atoms with Gasteiger partial charge in [-0.05, 0) is 68.9 Å². The van der Waals surface area contributed by atoms with E-state index in [4.69, 9.17) is 14.2 Å². The molecule has 1 N–H and O–H groups in total. The van der Waals surface area contributed by atoms with Crippen molar-refractivity contribution < 1.29 is 38.5 Å². The van der Waals surface area contributed by atoms with E-state index in [0.29, 0.717) is 49.1 Å². The van der Waals surface area contributed by atoms with Gasteiger partial charge in [-0.25, -0.2) is 0 Å². The number of ether oxygens (including phenoxy) is 3. The highest BCUT2D eigenvalue weighted by atomic mass is 79.9. The van der Waals surface area contributed by atoms with Gasteiger partial charge in [0.05, 0.1) is 31.1 Å². The molecule has 0 aliphatic carbocycles. The van der Waals surface area contributed by atoms with Gasteiger partial charge in [0.1, 0.15) is 23.5 Å². The summed E-state index contributed by atoms with van der Waals surface area (Å²) >= 11 is 3.75. The lowest BCUT2D eigenvalue weighted by Crippen LogP contribution is -2.57. The molecule has 52 heavy (non-hydrogen) atoms. The average molecular weight is 781 g/mol. The minimum absolute atomic E-state index is 0.0213. The van der Waals surface area contributed by atoms with E-state index in [1.807, 2.05) is 37.3 Å². The van der Waals surface area contributed by atoms with Gasteiger partial charge >= 0.3 is 5.97 Å². The van der Waals surface area contributed by atoms with Crippen molar-refractivity contribution in [1.82, 2.24) is 9.80 Å². The number of halogens is 1. The fourth-order valence-electron chi connectivity index (χ4n) is 7.97. The molecule has 12 heteroatoms. The zero-order valence-electron chi connectivity index (χ0n) is 30.2. The van der Waals surface area contributed by atoms with Crippen molar-refractivity contribution in [3.8, 4) is 5.75 Å². The molecule has 280 valence electrons. The second-order valence-electron chi connectivity index (χ2n) is 13.8. The number of methoxy groups -OCH3 is 1. The maximum atomic E-state index is 14.9. The molecule has 0 saturated carbocycles. The third-order valence-corrected chi connectivity index (χ3v) is 11.5. The monoisotopic (exact) mass is 779 g/mol. The summed E-state index contributed by atoms with van der Waals surface area (Å²) in [5.74, 6) is -2.74. The molecule has 3 heterocycles. The number of aliphatic hydroxyl groups is 1. The van der Waals surface area contributed by atoms with Gasteiger partial charge in [-0.3, -0.25) is 19.2 Å². The molecule has 0 radical (unpaired) electrons.